The van der Waals surface area contributed by atoms with E-state index in [4.69, 9.17) is 0 Å². The minimum Gasteiger partial charge on any atom is -0.338 e. The van der Waals surface area contributed by atoms with Gasteiger partial charge in [0, 0.05) is 26.2 Å². The van der Waals surface area contributed by atoms with Crippen molar-refractivity contribution >= 4 is 26.8 Å². The van der Waals surface area contributed by atoms with E-state index in [1.807, 2.05) is 0 Å². The topological polar surface area (TPSA) is 92.6 Å². The molecule has 8 nitrogen and oxygen atoms in total. The molecule has 1 aromatic heterocycles. The normalized spacial score (nSPS) is 15.7. The summed E-state index contributed by atoms with van der Waals surface area (Å²) in [5.74, 6) is -0.384. The first kappa shape index (κ1) is 22.9. The Labute approximate surface area is 186 Å². The minimum absolute atomic E-state index is 0.0484. The number of para-hydroxylation sites is 1. The number of halogens is 3. The Balaban J connectivity index is 1.44. The predicted octanol–water partition coefficient (Wildman–Crippen LogP) is 1.95. The Hall–Kier alpha value is -3.25. The molecule has 0 N–H and O–H groups in total. The lowest BCUT2D eigenvalue weighted by Crippen LogP contribution is -2.51. The Bertz CT molecular complexity index is 1360. The van der Waals surface area contributed by atoms with Crippen LogP contribution in [0, 0.1) is 0 Å². The van der Waals surface area contributed by atoms with Gasteiger partial charge in [-0.15, -0.1) is 0 Å². The maximum Gasteiger partial charge on any atom is 0.416 e. The summed E-state index contributed by atoms with van der Waals surface area (Å²) >= 11 is 0. The van der Waals surface area contributed by atoms with Crippen LogP contribution in [0.2, 0.25) is 0 Å². The molecule has 174 valence electrons. The first-order chi connectivity index (χ1) is 15.6. The lowest BCUT2D eigenvalue weighted by molar-refractivity contribution is -0.137. The van der Waals surface area contributed by atoms with E-state index < -0.39 is 26.7 Å². The first-order valence-electron chi connectivity index (χ1n) is 9.97. The number of nitrogens with zero attached hydrogens (tertiary/aromatic N) is 4. The zero-order chi connectivity index (χ0) is 23.8. The molecule has 0 radical (unpaired) electrons. The van der Waals surface area contributed by atoms with Crippen molar-refractivity contribution in [2.24, 2.45) is 0 Å². The molecule has 3 aromatic rings. The van der Waals surface area contributed by atoms with Crippen molar-refractivity contribution in [2.75, 3.05) is 26.2 Å². The number of carbonyl (C=O) groups is 1. The second kappa shape index (κ2) is 8.60. The molecule has 4 rings (SSSR count). The highest BCUT2D eigenvalue weighted by molar-refractivity contribution is 7.89. The van der Waals surface area contributed by atoms with E-state index in [0.717, 1.165) is 22.5 Å². The van der Waals surface area contributed by atoms with Gasteiger partial charge in [0.15, 0.2) is 0 Å². The molecular weight excluding hydrogens is 461 g/mol. The molecule has 0 saturated carbocycles. The van der Waals surface area contributed by atoms with E-state index in [9.17, 15) is 31.2 Å². The van der Waals surface area contributed by atoms with Crippen LogP contribution >= 0.6 is 0 Å². The van der Waals surface area contributed by atoms with Gasteiger partial charge in [-0.1, -0.05) is 18.2 Å². The van der Waals surface area contributed by atoms with Gasteiger partial charge < -0.3 is 4.90 Å². The van der Waals surface area contributed by atoms with Crippen molar-refractivity contribution in [3.8, 4) is 0 Å². The zero-order valence-electron chi connectivity index (χ0n) is 17.2. The molecule has 1 fully saturated rings. The number of piperazine rings is 1. The summed E-state index contributed by atoms with van der Waals surface area (Å²) in [7, 11) is -4.15. The van der Waals surface area contributed by atoms with Crippen molar-refractivity contribution in [1.29, 1.82) is 0 Å². The van der Waals surface area contributed by atoms with E-state index in [1.54, 1.807) is 24.3 Å². The summed E-state index contributed by atoms with van der Waals surface area (Å²) in [6.45, 7) is -0.305. The molecule has 0 aliphatic carbocycles. The molecule has 12 heteroatoms. The van der Waals surface area contributed by atoms with Gasteiger partial charge in [-0.25, -0.2) is 13.4 Å². The van der Waals surface area contributed by atoms with E-state index >= 15 is 0 Å². The van der Waals surface area contributed by atoms with Gasteiger partial charge in [-0.05, 0) is 30.3 Å². The number of carbonyl (C=O) groups excluding carboxylic acids is 1. The lowest BCUT2D eigenvalue weighted by atomic mass is 10.2. The molecule has 0 spiro atoms. The van der Waals surface area contributed by atoms with Crippen LogP contribution in [0.25, 0.3) is 10.9 Å². The van der Waals surface area contributed by atoms with Crippen LogP contribution in [0.15, 0.2) is 64.5 Å². The second-order valence-electron chi connectivity index (χ2n) is 7.51. The predicted molar refractivity (Wildman–Crippen MR) is 113 cm³/mol. The van der Waals surface area contributed by atoms with Gasteiger partial charge in [0.25, 0.3) is 5.56 Å². The first-order valence-corrected chi connectivity index (χ1v) is 11.4. The van der Waals surface area contributed by atoms with Crippen LogP contribution < -0.4 is 5.56 Å². The average Bonchev–Trinajstić information content (AvgIpc) is 2.80. The Kier molecular flexibility index (Phi) is 5.97. The quantitative estimate of drug-likeness (QED) is 0.569. The van der Waals surface area contributed by atoms with E-state index in [2.05, 4.69) is 4.98 Å². The Morgan fingerprint density at radius 3 is 2.39 bits per heavy atom. The number of benzene rings is 2. The fourth-order valence-corrected chi connectivity index (χ4v) is 5.09. The van der Waals surface area contributed by atoms with Crippen molar-refractivity contribution < 1.29 is 26.4 Å². The number of hydrogen-bond acceptors (Lipinski definition) is 5. The van der Waals surface area contributed by atoms with Crippen LogP contribution in [0.5, 0.6) is 0 Å². The highest BCUT2D eigenvalue weighted by Crippen LogP contribution is 2.31. The third-order valence-corrected chi connectivity index (χ3v) is 7.32. The van der Waals surface area contributed by atoms with E-state index in [0.29, 0.717) is 17.0 Å². The number of hydrogen-bond donors (Lipinski definition) is 0. The average molecular weight is 480 g/mol. The standard InChI is InChI=1S/C21H19F3N4O4S/c22-21(23,24)15-4-3-5-16(12-15)33(31,32)28-10-8-26(9-11-28)19(29)13-27-14-25-18-7-2-1-6-17(18)20(27)30/h1-7,12,14H,8-11,13H2. The molecule has 2 aromatic carbocycles. The molecular formula is C21H19F3N4O4S. The second-order valence-corrected chi connectivity index (χ2v) is 9.44. The maximum absolute atomic E-state index is 13.0. The zero-order valence-corrected chi connectivity index (χ0v) is 18.0. The molecule has 1 aliphatic rings. The number of rotatable bonds is 4. The van der Waals surface area contributed by atoms with Crippen molar-refractivity contribution in [1.82, 2.24) is 18.8 Å². The fourth-order valence-electron chi connectivity index (χ4n) is 3.62. The summed E-state index contributed by atoms with van der Waals surface area (Å²) in [5, 5.41) is 0.379. The van der Waals surface area contributed by atoms with Gasteiger partial charge in [0.1, 0.15) is 6.54 Å². The number of alkyl halides is 3. The lowest BCUT2D eigenvalue weighted by Gasteiger charge is -2.34. The monoisotopic (exact) mass is 480 g/mol. The maximum atomic E-state index is 13.0. The van der Waals surface area contributed by atoms with Crippen molar-refractivity contribution in [3.63, 3.8) is 0 Å². The van der Waals surface area contributed by atoms with E-state index in [1.165, 1.54) is 15.8 Å². The minimum atomic E-state index is -4.66. The van der Waals surface area contributed by atoms with Gasteiger partial charge in [-0.2, -0.15) is 17.5 Å². The fraction of sp³-hybridized carbons (Fsp3) is 0.286. The van der Waals surface area contributed by atoms with Crippen molar-refractivity contribution in [2.45, 2.75) is 17.6 Å². The van der Waals surface area contributed by atoms with Gasteiger partial charge in [0.05, 0.1) is 27.7 Å². The third kappa shape index (κ3) is 4.62. The molecule has 1 aliphatic heterocycles. The molecule has 33 heavy (non-hydrogen) atoms. The van der Waals surface area contributed by atoms with Gasteiger partial charge in [0.2, 0.25) is 15.9 Å². The molecule has 0 bridgehead atoms. The van der Waals surface area contributed by atoms with Crippen LogP contribution in [-0.2, 0) is 27.5 Å². The summed E-state index contributed by atoms with van der Waals surface area (Å²) in [4.78, 5) is 30.4. The SMILES string of the molecule is O=C(Cn1cnc2ccccc2c1=O)N1CCN(S(=O)(=O)c2cccc(C(F)(F)F)c2)CC1. The molecule has 1 amide bonds. The summed E-state index contributed by atoms with van der Waals surface area (Å²) in [6.07, 6.45) is -3.37. The number of fused-ring (bicyclic) bond motifs is 1. The summed E-state index contributed by atoms with van der Waals surface area (Å²) in [6, 6.07) is 10.3. The Morgan fingerprint density at radius 2 is 1.70 bits per heavy atom. The number of aromatic nitrogens is 2. The van der Waals surface area contributed by atoms with Crippen LogP contribution in [0.1, 0.15) is 5.56 Å². The smallest absolute Gasteiger partial charge is 0.338 e. The summed E-state index contributed by atoms with van der Waals surface area (Å²) < 4.78 is 66.7. The van der Waals surface area contributed by atoms with E-state index in [-0.39, 0.29) is 44.2 Å². The molecule has 2 heterocycles. The van der Waals surface area contributed by atoms with Gasteiger partial charge in [-0.3, -0.25) is 14.2 Å². The van der Waals surface area contributed by atoms with Crippen LogP contribution in [0.4, 0.5) is 13.2 Å². The largest absolute Gasteiger partial charge is 0.416 e. The van der Waals surface area contributed by atoms with Crippen LogP contribution in [-0.4, -0.2) is 59.3 Å². The summed E-state index contributed by atoms with van der Waals surface area (Å²) in [5.41, 5.74) is -0.897. The number of amides is 1. The van der Waals surface area contributed by atoms with Crippen LogP contribution in [0.3, 0.4) is 0 Å². The van der Waals surface area contributed by atoms with Gasteiger partial charge >= 0.3 is 6.18 Å². The molecule has 0 atom stereocenters. The third-order valence-electron chi connectivity index (χ3n) is 5.43. The molecule has 1 saturated heterocycles. The highest BCUT2D eigenvalue weighted by atomic mass is 32.2. The number of sulfonamides is 1. The Morgan fingerprint density at radius 1 is 1.00 bits per heavy atom. The van der Waals surface area contributed by atoms with Crippen molar-refractivity contribution in [3.05, 3.63) is 70.8 Å². The molecule has 0 unspecified atom stereocenters. The highest BCUT2D eigenvalue weighted by Gasteiger charge is 2.34.